The van der Waals surface area contributed by atoms with E-state index >= 15 is 0 Å². The Morgan fingerprint density at radius 2 is 1.83 bits per heavy atom. The summed E-state index contributed by atoms with van der Waals surface area (Å²) < 4.78 is 5.19. The number of morpholine rings is 1. The van der Waals surface area contributed by atoms with E-state index < -0.39 is 11.6 Å². The second-order valence-corrected chi connectivity index (χ2v) is 5.01. The smallest absolute Gasteiger partial charge is 0.245 e. The van der Waals surface area contributed by atoms with Crippen molar-refractivity contribution in [3.63, 3.8) is 0 Å². The zero-order valence-corrected chi connectivity index (χ0v) is 11.6. The number of likely N-dealkylation sites (N-methyl/N-ethyl adjacent to an activating group) is 1. The number of amides is 2. The highest BCUT2D eigenvalue weighted by Crippen LogP contribution is 2.04. The Kier molecular flexibility index (Phi) is 5.10. The molecular weight excluding hydrogens is 234 g/mol. The molecule has 0 aromatic rings. The first kappa shape index (κ1) is 14.9. The van der Waals surface area contributed by atoms with Gasteiger partial charge in [0.2, 0.25) is 11.8 Å². The van der Waals surface area contributed by atoms with E-state index in [1.807, 2.05) is 0 Å². The monoisotopic (exact) mass is 257 g/mol. The fourth-order valence-corrected chi connectivity index (χ4v) is 1.61. The molecule has 0 bridgehead atoms. The molecule has 6 heteroatoms. The lowest BCUT2D eigenvalue weighted by atomic mass is 10.0. The quantitative estimate of drug-likeness (QED) is 0.702. The van der Waals surface area contributed by atoms with E-state index in [0.29, 0.717) is 26.3 Å². The molecule has 1 unspecified atom stereocenters. The van der Waals surface area contributed by atoms with Gasteiger partial charge in [-0.3, -0.25) is 9.59 Å². The Labute approximate surface area is 108 Å². The Bertz CT molecular complexity index is 312. The van der Waals surface area contributed by atoms with Gasteiger partial charge in [-0.25, -0.2) is 0 Å². The lowest BCUT2D eigenvalue weighted by molar-refractivity contribution is -0.140. The van der Waals surface area contributed by atoms with Crippen LogP contribution in [0.25, 0.3) is 0 Å². The number of hydrogen-bond donors (Lipinski definition) is 2. The maximum absolute atomic E-state index is 12.1. The third kappa shape index (κ3) is 3.68. The summed E-state index contributed by atoms with van der Waals surface area (Å²) in [4.78, 5) is 25.7. The molecule has 1 saturated heterocycles. The molecule has 0 aromatic heterocycles. The first-order valence-electron chi connectivity index (χ1n) is 6.25. The van der Waals surface area contributed by atoms with Gasteiger partial charge in [0.05, 0.1) is 18.8 Å². The largest absolute Gasteiger partial charge is 0.378 e. The van der Waals surface area contributed by atoms with Gasteiger partial charge in [-0.15, -0.1) is 0 Å². The average Bonchev–Trinajstić information content (AvgIpc) is 2.38. The van der Waals surface area contributed by atoms with Gasteiger partial charge >= 0.3 is 0 Å². The molecule has 1 rings (SSSR count). The highest BCUT2D eigenvalue weighted by molar-refractivity contribution is 5.91. The van der Waals surface area contributed by atoms with E-state index in [9.17, 15) is 9.59 Å². The average molecular weight is 257 g/mol. The van der Waals surface area contributed by atoms with Gasteiger partial charge in [-0.1, -0.05) is 0 Å². The standard InChI is InChI=1S/C12H23N3O3/c1-9(14-11(17)12(2,3)13-4)10(16)15-5-7-18-8-6-15/h9,13H,5-8H2,1-4H3,(H,14,17). The van der Waals surface area contributed by atoms with Crippen LogP contribution in [0.5, 0.6) is 0 Å². The SMILES string of the molecule is CNC(C)(C)C(=O)NC(C)C(=O)N1CCOCC1. The van der Waals surface area contributed by atoms with Crippen LogP contribution in [0.15, 0.2) is 0 Å². The third-order valence-electron chi connectivity index (χ3n) is 3.23. The molecule has 1 fully saturated rings. The van der Waals surface area contributed by atoms with Gasteiger partial charge in [0, 0.05) is 13.1 Å². The van der Waals surface area contributed by atoms with E-state index in [0.717, 1.165) is 0 Å². The van der Waals surface area contributed by atoms with E-state index in [2.05, 4.69) is 10.6 Å². The predicted molar refractivity (Wildman–Crippen MR) is 68.1 cm³/mol. The fourth-order valence-electron chi connectivity index (χ4n) is 1.61. The highest BCUT2D eigenvalue weighted by Gasteiger charge is 2.30. The third-order valence-corrected chi connectivity index (χ3v) is 3.23. The molecule has 104 valence electrons. The van der Waals surface area contributed by atoms with Crippen LogP contribution in [-0.2, 0) is 14.3 Å². The predicted octanol–water partition coefficient (Wildman–Crippen LogP) is -0.652. The lowest BCUT2D eigenvalue weighted by Crippen LogP contribution is -2.57. The molecule has 2 amide bonds. The van der Waals surface area contributed by atoms with E-state index in [-0.39, 0.29) is 11.8 Å². The van der Waals surface area contributed by atoms with Gasteiger partial charge < -0.3 is 20.3 Å². The molecule has 2 N–H and O–H groups in total. The van der Waals surface area contributed by atoms with Crippen LogP contribution in [-0.4, -0.2) is 61.6 Å². The number of nitrogens with zero attached hydrogens (tertiary/aromatic N) is 1. The molecular formula is C12H23N3O3. The van der Waals surface area contributed by atoms with Crippen molar-refractivity contribution in [3.8, 4) is 0 Å². The molecule has 6 nitrogen and oxygen atoms in total. The fraction of sp³-hybridized carbons (Fsp3) is 0.833. The van der Waals surface area contributed by atoms with Crippen molar-refractivity contribution in [2.75, 3.05) is 33.4 Å². The van der Waals surface area contributed by atoms with Crippen molar-refractivity contribution in [1.29, 1.82) is 0 Å². The molecule has 1 aliphatic heterocycles. The highest BCUT2D eigenvalue weighted by atomic mass is 16.5. The van der Waals surface area contributed by atoms with Crippen LogP contribution in [0.2, 0.25) is 0 Å². The number of nitrogens with one attached hydrogen (secondary N) is 2. The van der Waals surface area contributed by atoms with Crippen LogP contribution in [0, 0.1) is 0 Å². The first-order chi connectivity index (χ1) is 8.38. The maximum atomic E-state index is 12.1. The summed E-state index contributed by atoms with van der Waals surface area (Å²) in [5.74, 6) is -0.238. The van der Waals surface area contributed by atoms with Crippen LogP contribution >= 0.6 is 0 Å². The summed E-state index contributed by atoms with van der Waals surface area (Å²) in [6, 6.07) is -0.511. The minimum absolute atomic E-state index is 0.0569. The van der Waals surface area contributed by atoms with Gasteiger partial charge in [0.1, 0.15) is 6.04 Å². The molecule has 1 aliphatic rings. The second-order valence-electron chi connectivity index (χ2n) is 5.01. The van der Waals surface area contributed by atoms with Crippen molar-refractivity contribution in [1.82, 2.24) is 15.5 Å². The number of rotatable bonds is 4. The number of hydrogen-bond acceptors (Lipinski definition) is 4. The summed E-state index contributed by atoms with van der Waals surface area (Å²) in [6.07, 6.45) is 0. The van der Waals surface area contributed by atoms with Gasteiger partial charge in [0.15, 0.2) is 0 Å². The first-order valence-corrected chi connectivity index (χ1v) is 6.25. The number of carbonyl (C=O) groups is 2. The van der Waals surface area contributed by atoms with E-state index in [1.54, 1.807) is 32.7 Å². The topological polar surface area (TPSA) is 70.7 Å². The summed E-state index contributed by atoms with van der Waals surface area (Å²) >= 11 is 0. The van der Waals surface area contributed by atoms with Crippen molar-refractivity contribution < 1.29 is 14.3 Å². The Balaban J connectivity index is 2.51. The van der Waals surface area contributed by atoms with Crippen molar-refractivity contribution in [2.24, 2.45) is 0 Å². The molecule has 0 radical (unpaired) electrons. The van der Waals surface area contributed by atoms with Gasteiger partial charge in [-0.05, 0) is 27.8 Å². The van der Waals surface area contributed by atoms with Crippen molar-refractivity contribution in [3.05, 3.63) is 0 Å². The number of carbonyl (C=O) groups excluding carboxylic acids is 2. The maximum Gasteiger partial charge on any atom is 0.245 e. The Morgan fingerprint density at radius 3 is 2.33 bits per heavy atom. The zero-order valence-electron chi connectivity index (χ0n) is 11.6. The van der Waals surface area contributed by atoms with Gasteiger partial charge in [0.25, 0.3) is 0 Å². The Hall–Kier alpha value is -1.14. The van der Waals surface area contributed by atoms with Crippen LogP contribution in [0.3, 0.4) is 0 Å². The molecule has 0 aliphatic carbocycles. The van der Waals surface area contributed by atoms with E-state index in [1.165, 1.54) is 0 Å². The van der Waals surface area contributed by atoms with Crippen LogP contribution in [0.1, 0.15) is 20.8 Å². The molecule has 0 spiro atoms. The molecule has 0 aromatic carbocycles. The summed E-state index contributed by atoms with van der Waals surface area (Å²) in [6.45, 7) is 7.57. The zero-order chi connectivity index (χ0) is 13.8. The second kappa shape index (κ2) is 6.15. The summed E-state index contributed by atoms with van der Waals surface area (Å²) in [5.41, 5.74) is -0.681. The summed E-state index contributed by atoms with van der Waals surface area (Å²) in [5, 5.41) is 5.64. The Morgan fingerprint density at radius 1 is 1.28 bits per heavy atom. The molecule has 1 atom stereocenters. The van der Waals surface area contributed by atoms with Crippen LogP contribution < -0.4 is 10.6 Å². The summed E-state index contributed by atoms with van der Waals surface area (Å²) in [7, 11) is 1.72. The number of ether oxygens (including phenoxy) is 1. The molecule has 18 heavy (non-hydrogen) atoms. The van der Waals surface area contributed by atoms with Gasteiger partial charge in [-0.2, -0.15) is 0 Å². The van der Waals surface area contributed by atoms with Crippen molar-refractivity contribution in [2.45, 2.75) is 32.4 Å². The normalized spacial score (nSPS) is 18.3. The lowest BCUT2D eigenvalue weighted by Gasteiger charge is -2.31. The van der Waals surface area contributed by atoms with Crippen molar-refractivity contribution >= 4 is 11.8 Å². The van der Waals surface area contributed by atoms with E-state index in [4.69, 9.17) is 4.74 Å². The molecule has 1 heterocycles. The molecule has 0 saturated carbocycles. The minimum atomic E-state index is -0.681. The minimum Gasteiger partial charge on any atom is -0.378 e. The van der Waals surface area contributed by atoms with Crippen LogP contribution in [0.4, 0.5) is 0 Å².